The van der Waals surface area contributed by atoms with Gasteiger partial charge < -0.3 is 10.4 Å². The fourth-order valence-corrected chi connectivity index (χ4v) is 1.58. The van der Waals surface area contributed by atoms with Gasteiger partial charge in [-0.05, 0) is 12.1 Å². The van der Waals surface area contributed by atoms with Crippen molar-refractivity contribution in [1.82, 2.24) is 10.3 Å². The van der Waals surface area contributed by atoms with Crippen LogP contribution in [0.4, 0.5) is 0 Å². The Hall–Kier alpha value is -1.96. The van der Waals surface area contributed by atoms with E-state index in [0.29, 0.717) is 0 Å². The highest BCUT2D eigenvalue weighted by molar-refractivity contribution is 7.90. The highest BCUT2D eigenvalue weighted by Gasteiger charge is 2.09. The van der Waals surface area contributed by atoms with Gasteiger partial charge in [0.2, 0.25) is 0 Å². The third-order valence-corrected chi connectivity index (χ3v) is 2.95. The first-order chi connectivity index (χ1) is 8.29. The summed E-state index contributed by atoms with van der Waals surface area (Å²) in [6, 6.07) is 2.51. The first-order valence-electron chi connectivity index (χ1n) is 4.95. The van der Waals surface area contributed by atoms with E-state index in [4.69, 9.17) is 5.11 Å². The predicted octanol–water partition coefficient (Wildman–Crippen LogP) is -0.446. The second-order valence-corrected chi connectivity index (χ2v) is 5.88. The Bertz CT molecular complexity index is 550. The molecule has 0 aromatic carbocycles. The molecule has 0 aliphatic heterocycles. The van der Waals surface area contributed by atoms with E-state index in [1.807, 2.05) is 0 Å². The molecule has 1 aromatic heterocycles. The SMILES string of the molecule is CS(=O)(=O)CCNC(=O)c1ccc(C(=O)O)nc1. The molecule has 0 bridgehead atoms. The van der Waals surface area contributed by atoms with Crippen LogP contribution in [0.3, 0.4) is 0 Å². The number of hydrogen-bond donors (Lipinski definition) is 2. The van der Waals surface area contributed by atoms with Gasteiger partial charge in [-0.2, -0.15) is 0 Å². The van der Waals surface area contributed by atoms with Crippen LogP contribution in [0, 0.1) is 0 Å². The van der Waals surface area contributed by atoms with Gasteiger partial charge in [0, 0.05) is 19.0 Å². The minimum Gasteiger partial charge on any atom is -0.477 e. The molecule has 98 valence electrons. The van der Waals surface area contributed by atoms with Crippen molar-refractivity contribution in [1.29, 1.82) is 0 Å². The van der Waals surface area contributed by atoms with Gasteiger partial charge in [0.1, 0.15) is 15.5 Å². The van der Waals surface area contributed by atoms with E-state index in [0.717, 1.165) is 12.5 Å². The number of carboxylic acid groups (broad SMARTS) is 1. The number of carbonyl (C=O) groups is 2. The van der Waals surface area contributed by atoms with Crippen LogP contribution in [0.1, 0.15) is 20.8 Å². The molecule has 0 atom stereocenters. The maximum absolute atomic E-state index is 11.5. The van der Waals surface area contributed by atoms with E-state index >= 15 is 0 Å². The van der Waals surface area contributed by atoms with Crippen LogP contribution in [-0.4, -0.2) is 48.9 Å². The van der Waals surface area contributed by atoms with Gasteiger partial charge >= 0.3 is 5.97 Å². The van der Waals surface area contributed by atoms with Crippen LogP contribution < -0.4 is 5.32 Å². The summed E-state index contributed by atoms with van der Waals surface area (Å²) in [5.74, 6) is -1.83. The number of nitrogens with one attached hydrogen (secondary N) is 1. The van der Waals surface area contributed by atoms with E-state index in [1.54, 1.807) is 0 Å². The Labute approximate surface area is 104 Å². The Kier molecular flexibility index (Phi) is 4.38. The molecule has 0 unspecified atom stereocenters. The van der Waals surface area contributed by atoms with Gasteiger partial charge in [-0.25, -0.2) is 18.2 Å². The van der Waals surface area contributed by atoms with Crippen LogP contribution in [0.15, 0.2) is 18.3 Å². The average Bonchev–Trinajstić information content (AvgIpc) is 2.27. The molecule has 0 radical (unpaired) electrons. The lowest BCUT2D eigenvalue weighted by Crippen LogP contribution is -2.28. The first kappa shape index (κ1) is 14.1. The van der Waals surface area contributed by atoms with E-state index in [1.165, 1.54) is 12.1 Å². The zero-order valence-corrected chi connectivity index (χ0v) is 10.4. The molecular weight excluding hydrogens is 260 g/mol. The maximum Gasteiger partial charge on any atom is 0.354 e. The number of hydrogen-bond acceptors (Lipinski definition) is 5. The van der Waals surface area contributed by atoms with Crippen molar-refractivity contribution in [2.75, 3.05) is 18.6 Å². The monoisotopic (exact) mass is 272 g/mol. The van der Waals surface area contributed by atoms with Crippen molar-refractivity contribution in [3.63, 3.8) is 0 Å². The second kappa shape index (κ2) is 5.58. The normalized spacial score (nSPS) is 10.9. The number of aromatic nitrogens is 1. The number of rotatable bonds is 5. The zero-order valence-electron chi connectivity index (χ0n) is 9.58. The topological polar surface area (TPSA) is 113 Å². The molecule has 8 heteroatoms. The Morgan fingerprint density at radius 1 is 1.39 bits per heavy atom. The van der Waals surface area contributed by atoms with Gasteiger partial charge in [-0.3, -0.25) is 4.79 Å². The standard InChI is InChI=1S/C10H12N2O5S/c1-18(16,17)5-4-11-9(13)7-2-3-8(10(14)15)12-6-7/h2-3,6H,4-5H2,1H3,(H,11,13)(H,14,15). The molecular formula is C10H12N2O5S. The highest BCUT2D eigenvalue weighted by atomic mass is 32.2. The number of aromatic carboxylic acids is 1. The summed E-state index contributed by atoms with van der Waals surface area (Å²) in [4.78, 5) is 25.6. The van der Waals surface area contributed by atoms with Gasteiger partial charge in [-0.15, -0.1) is 0 Å². The molecule has 1 rings (SSSR count). The van der Waals surface area contributed by atoms with E-state index in [9.17, 15) is 18.0 Å². The second-order valence-electron chi connectivity index (χ2n) is 3.62. The molecule has 1 amide bonds. The molecule has 0 spiro atoms. The molecule has 7 nitrogen and oxygen atoms in total. The van der Waals surface area contributed by atoms with Gasteiger partial charge in [0.15, 0.2) is 0 Å². The third kappa shape index (κ3) is 4.50. The van der Waals surface area contributed by atoms with E-state index in [2.05, 4.69) is 10.3 Å². The summed E-state index contributed by atoms with van der Waals surface area (Å²) in [6.45, 7) is -0.00164. The number of nitrogens with zero attached hydrogens (tertiary/aromatic N) is 1. The van der Waals surface area contributed by atoms with Crippen molar-refractivity contribution in [3.05, 3.63) is 29.6 Å². The molecule has 0 aliphatic rings. The lowest BCUT2D eigenvalue weighted by atomic mass is 10.2. The predicted molar refractivity (Wildman–Crippen MR) is 63.2 cm³/mol. The van der Waals surface area contributed by atoms with Gasteiger partial charge in [-0.1, -0.05) is 0 Å². The first-order valence-corrected chi connectivity index (χ1v) is 7.01. The largest absolute Gasteiger partial charge is 0.477 e. The Balaban J connectivity index is 2.59. The van der Waals surface area contributed by atoms with Crippen molar-refractivity contribution < 1.29 is 23.1 Å². The molecule has 1 aromatic rings. The van der Waals surface area contributed by atoms with Gasteiger partial charge in [0.05, 0.1) is 11.3 Å². The quantitative estimate of drug-likeness (QED) is 0.750. The molecule has 18 heavy (non-hydrogen) atoms. The lowest BCUT2D eigenvalue weighted by Gasteiger charge is -2.04. The van der Waals surface area contributed by atoms with Crippen LogP contribution >= 0.6 is 0 Å². The van der Waals surface area contributed by atoms with E-state index < -0.39 is 21.7 Å². The number of carboxylic acids is 1. The van der Waals surface area contributed by atoms with Crippen LogP contribution in [0.25, 0.3) is 0 Å². The summed E-state index contributed by atoms with van der Waals surface area (Å²) in [5.41, 5.74) is 0.0104. The molecule has 0 fully saturated rings. The molecule has 0 aliphatic carbocycles. The maximum atomic E-state index is 11.5. The fourth-order valence-electron chi connectivity index (χ4n) is 1.11. The van der Waals surface area contributed by atoms with Crippen LogP contribution in [0.2, 0.25) is 0 Å². The summed E-state index contributed by atoms with van der Waals surface area (Å²) in [5, 5.41) is 11.0. The minimum atomic E-state index is -3.13. The smallest absolute Gasteiger partial charge is 0.354 e. The minimum absolute atomic E-state index is 0.00164. The van der Waals surface area contributed by atoms with Crippen molar-refractivity contribution in [2.45, 2.75) is 0 Å². The fraction of sp³-hybridized carbons (Fsp3) is 0.300. The molecule has 0 saturated carbocycles. The van der Waals surface area contributed by atoms with Crippen molar-refractivity contribution in [3.8, 4) is 0 Å². The number of amides is 1. The van der Waals surface area contributed by atoms with Crippen molar-refractivity contribution in [2.24, 2.45) is 0 Å². The highest BCUT2D eigenvalue weighted by Crippen LogP contribution is 2.00. The number of pyridine rings is 1. The van der Waals surface area contributed by atoms with Crippen LogP contribution in [-0.2, 0) is 9.84 Å². The summed E-state index contributed by atoms with van der Waals surface area (Å²) < 4.78 is 21.7. The van der Waals surface area contributed by atoms with Crippen molar-refractivity contribution >= 4 is 21.7 Å². The third-order valence-electron chi connectivity index (χ3n) is 2.00. The Morgan fingerprint density at radius 3 is 2.50 bits per heavy atom. The van der Waals surface area contributed by atoms with Gasteiger partial charge in [0.25, 0.3) is 5.91 Å². The van der Waals surface area contributed by atoms with E-state index in [-0.39, 0.29) is 23.6 Å². The molecule has 2 N–H and O–H groups in total. The Morgan fingerprint density at radius 2 is 2.06 bits per heavy atom. The summed E-state index contributed by atoms with van der Waals surface area (Å²) >= 11 is 0. The lowest BCUT2D eigenvalue weighted by molar-refractivity contribution is 0.0689. The number of sulfone groups is 1. The van der Waals surface area contributed by atoms with Crippen LogP contribution in [0.5, 0.6) is 0 Å². The zero-order chi connectivity index (χ0) is 13.8. The summed E-state index contributed by atoms with van der Waals surface area (Å²) in [6.07, 6.45) is 2.20. The molecule has 0 saturated heterocycles. The average molecular weight is 272 g/mol. The number of carbonyl (C=O) groups excluding carboxylic acids is 1. The summed E-state index contributed by atoms with van der Waals surface area (Å²) in [7, 11) is -3.13. The molecule has 1 heterocycles.